The standard InChI is InChI=1S/C20H30N4O/c1-15-16-7-5-6-8-17(16)22-19(21-15)14-24-11-9-23(10-12-24)13-18(25)20(2,3)4/h5-8,18,25H,9-14H2,1-4H3/t18-/m0/s1. The molecule has 1 fully saturated rings. The number of para-hydroxylation sites is 1. The largest absolute Gasteiger partial charge is 0.391 e. The lowest BCUT2D eigenvalue weighted by molar-refractivity contribution is 0.0123. The van der Waals surface area contributed by atoms with Gasteiger partial charge in [0.2, 0.25) is 0 Å². The lowest BCUT2D eigenvalue weighted by Gasteiger charge is -2.37. The summed E-state index contributed by atoms with van der Waals surface area (Å²) in [6, 6.07) is 8.19. The Labute approximate surface area is 150 Å². The van der Waals surface area contributed by atoms with Crippen molar-refractivity contribution < 1.29 is 5.11 Å². The van der Waals surface area contributed by atoms with Gasteiger partial charge >= 0.3 is 0 Å². The van der Waals surface area contributed by atoms with Crippen LogP contribution in [0.25, 0.3) is 10.9 Å². The minimum atomic E-state index is -0.287. The zero-order chi connectivity index (χ0) is 18.0. The summed E-state index contributed by atoms with van der Waals surface area (Å²) >= 11 is 0. The predicted octanol–water partition coefficient (Wildman–Crippen LogP) is 2.46. The van der Waals surface area contributed by atoms with Gasteiger partial charge in [0.25, 0.3) is 0 Å². The number of hydrogen-bond acceptors (Lipinski definition) is 5. The van der Waals surface area contributed by atoms with E-state index in [1.165, 1.54) is 0 Å². The second-order valence-electron chi connectivity index (χ2n) is 8.20. The molecular formula is C20H30N4O. The third kappa shape index (κ3) is 4.54. The van der Waals surface area contributed by atoms with Gasteiger partial charge in [0, 0.05) is 43.8 Å². The van der Waals surface area contributed by atoms with Crippen LogP contribution < -0.4 is 0 Å². The van der Waals surface area contributed by atoms with Crippen LogP contribution in [-0.2, 0) is 6.54 Å². The van der Waals surface area contributed by atoms with Crippen LogP contribution in [0.5, 0.6) is 0 Å². The number of aromatic nitrogens is 2. The number of aryl methyl sites for hydroxylation is 1. The van der Waals surface area contributed by atoms with E-state index in [0.29, 0.717) is 0 Å². The fourth-order valence-corrected chi connectivity index (χ4v) is 3.21. The van der Waals surface area contributed by atoms with Crippen LogP contribution in [0.1, 0.15) is 32.3 Å². The van der Waals surface area contributed by atoms with E-state index in [9.17, 15) is 5.11 Å². The molecule has 1 saturated heterocycles. The van der Waals surface area contributed by atoms with E-state index in [-0.39, 0.29) is 11.5 Å². The molecule has 2 heterocycles. The summed E-state index contributed by atoms with van der Waals surface area (Å²) in [5.41, 5.74) is 2.01. The molecular weight excluding hydrogens is 312 g/mol. The first-order valence-electron chi connectivity index (χ1n) is 9.18. The van der Waals surface area contributed by atoms with E-state index in [4.69, 9.17) is 4.98 Å². The van der Waals surface area contributed by atoms with Crippen molar-refractivity contribution in [3.05, 3.63) is 35.8 Å². The maximum Gasteiger partial charge on any atom is 0.143 e. The lowest BCUT2D eigenvalue weighted by Crippen LogP contribution is -2.50. The summed E-state index contributed by atoms with van der Waals surface area (Å²) in [6.45, 7) is 13.8. The van der Waals surface area contributed by atoms with Crippen molar-refractivity contribution >= 4 is 10.9 Å². The maximum atomic E-state index is 10.3. The third-order valence-corrected chi connectivity index (χ3v) is 5.10. The van der Waals surface area contributed by atoms with E-state index in [2.05, 4.69) is 54.6 Å². The Morgan fingerprint density at radius 1 is 1.04 bits per heavy atom. The second kappa shape index (κ2) is 7.36. The molecule has 0 bridgehead atoms. The fraction of sp³-hybridized carbons (Fsp3) is 0.600. The molecule has 2 aromatic rings. The zero-order valence-corrected chi connectivity index (χ0v) is 15.9. The van der Waals surface area contributed by atoms with Crippen molar-refractivity contribution in [2.45, 2.75) is 40.3 Å². The molecule has 0 amide bonds. The summed E-state index contributed by atoms with van der Waals surface area (Å²) < 4.78 is 0. The highest BCUT2D eigenvalue weighted by Crippen LogP contribution is 2.21. The molecule has 1 N–H and O–H groups in total. The Morgan fingerprint density at radius 2 is 1.68 bits per heavy atom. The van der Waals surface area contributed by atoms with Gasteiger partial charge in [0.15, 0.2) is 0 Å². The Hall–Kier alpha value is -1.56. The molecule has 0 spiro atoms. The number of nitrogens with zero attached hydrogens (tertiary/aromatic N) is 4. The van der Waals surface area contributed by atoms with Gasteiger partial charge in [-0.05, 0) is 18.4 Å². The Balaban J connectivity index is 1.57. The molecule has 1 aliphatic heterocycles. The average molecular weight is 342 g/mol. The van der Waals surface area contributed by atoms with Gasteiger partial charge in [-0.15, -0.1) is 0 Å². The molecule has 1 atom stereocenters. The quantitative estimate of drug-likeness (QED) is 0.925. The van der Waals surface area contributed by atoms with Crippen LogP contribution in [0.4, 0.5) is 0 Å². The molecule has 0 unspecified atom stereocenters. The van der Waals surface area contributed by atoms with Crippen molar-refractivity contribution in [2.75, 3.05) is 32.7 Å². The van der Waals surface area contributed by atoms with Crippen molar-refractivity contribution in [1.29, 1.82) is 0 Å². The Morgan fingerprint density at radius 3 is 2.36 bits per heavy atom. The van der Waals surface area contributed by atoms with Gasteiger partial charge in [-0.25, -0.2) is 9.97 Å². The van der Waals surface area contributed by atoms with E-state index in [1.807, 2.05) is 12.1 Å². The van der Waals surface area contributed by atoms with E-state index in [1.54, 1.807) is 0 Å². The number of rotatable bonds is 4. The molecule has 5 heteroatoms. The van der Waals surface area contributed by atoms with Crippen LogP contribution in [-0.4, -0.2) is 63.7 Å². The smallest absolute Gasteiger partial charge is 0.143 e. The fourth-order valence-electron chi connectivity index (χ4n) is 3.21. The number of aliphatic hydroxyl groups excluding tert-OH is 1. The van der Waals surface area contributed by atoms with Crippen LogP contribution >= 0.6 is 0 Å². The zero-order valence-electron chi connectivity index (χ0n) is 15.9. The molecule has 1 aromatic carbocycles. The van der Waals surface area contributed by atoms with Gasteiger partial charge < -0.3 is 5.11 Å². The number of hydrogen-bond donors (Lipinski definition) is 1. The van der Waals surface area contributed by atoms with Gasteiger partial charge in [0.1, 0.15) is 5.82 Å². The number of fused-ring (bicyclic) bond motifs is 1. The number of β-amino-alcohol motifs (C(OH)–C–C–N with tert-alkyl or cyclic N) is 1. The van der Waals surface area contributed by atoms with Gasteiger partial charge in [-0.3, -0.25) is 9.80 Å². The SMILES string of the molecule is Cc1nc(CN2CCN(C[C@H](O)C(C)(C)C)CC2)nc2ccccc12. The minimum absolute atomic E-state index is 0.0619. The Bertz CT molecular complexity index is 717. The minimum Gasteiger partial charge on any atom is -0.391 e. The van der Waals surface area contributed by atoms with E-state index >= 15 is 0 Å². The molecule has 1 aliphatic rings. The summed E-state index contributed by atoms with van der Waals surface area (Å²) in [5.74, 6) is 0.902. The first kappa shape index (κ1) is 18.2. The molecule has 0 saturated carbocycles. The molecule has 5 nitrogen and oxygen atoms in total. The van der Waals surface area contributed by atoms with Crippen molar-refractivity contribution in [3.63, 3.8) is 0 Å². The molecule has 1 aromatic heterocycles. The van der Waals surface area contributed by atoms with Crippen molar-refractivity contribution in [3.8, 4) is 0 Å². The normalized spacial score (nSPS) is 18.6. The summed E-state index contributed by atoms with van der Waals surface area (Å²) in [7, 11) is 0. The molecule has 25 heavy (non-hydrogen) atoms. The molecule has 136 valence electrons. The number of piperazine rings is 1. The van der Waals surface area contributed by atoms with Gasteiger partial charge in [-0.2, -0.15) is 0 Å². The topological polar surface area (TPSA) is 52.5 Å². The monoisotopic (exact) mass is 342 g/mol. The van der Waals surface area contributed by atoms with Gasteiger partial charge in [0.05, 0.1) is 18.2 Å². The number of aliphatic hydroxyl groups is 1. The Kier molecular flexibility index (Phi) is 5.37. The third-order valence-electron chi connectivity index (χ3n) is 5.10. The molecule has 0 aliphatic carbocycles. The second-order valence-corrected chi connectivity index (χ2v) is 8.20. The highest BCUT2D eigenvalue weighted by atomic mass is 16.3. The maximum absolute atomic E-state index is 10.3. The summed E-state index contributed by atoms with van der Waals surface area (Å²) in [4.78, 5) is 14.2. The summed E-state index contributed by atoms with van der Waals surface area (Å²) in [6.07, 6.45) is -0.287. The van der Waals surface area contributed by atoms with Crippen LogP contribution in [0.15, 0.2) is 24.3 Å². The number of benzene rings is 1. The van der Waals surface area contributed by atoms with Crippen LogP contribution in [0.3, 0.4) is 0 Å². The highest BCUT2D eigenvalue weighted by molar-refractivity contribution is 5.80. The van der Waals surface area contributed by atoms with Crippen molar-refractivity contribution in [1.82, 2.24) is 19.8 Å². The first-order valence-corrected chi connectivity index (χ1v) is 9.18. The van der Waals surface area contributed by atoms with E-state index < -0.39 is 0 Å². The highest BCUT2D eigenvalue weighted by Gasteiger charge is 2.26. The predicted molar refractivity (Wildman–Crippen MR) is 101 cm³/mol. The van der Waals surface area contributed by atoms with Crippen LogP contribution in [0, 0.1) is 12.3 Å². The first-order chi connectivity index (χ1) is 11.8. The van der Waals surface area contributed by atoms with Crippen LogP contribution in [0.2, 0.25) is 0 Å². The summed E-state index contributed by atoms with van der Waals surface area (Å²) in [5, 5.41) is 11.4. The van der Waals surface area contributed by atoms with E-state index in [0.717, 1.165) is 61.7 Å². The lowest BCUT2D eigenvalue weighted by atomic mass is 9.89. The molecule has 0 radical (unpaired) electrons. The van der Waals surface area contributed by atoms with Gasteiger partial charge in [-0.1, -0.05) is 39.0 Å². The average Bonchev–Trinajstić information content (AvgIpc) is 2.56. The molecule has 3 rings (SSSR count). The van der Waals surface area contributed by atoms with Crippen molar-refractivity contribution in [2.24, 2.45) is 5.41 Å².